The Balaban J connectivity index is 0.777. The summed E-state index contributed by atoms with van der Waals surface area (Å²) in [5, 5.41) is 4.15. The molecule has 0 bridgehead atoms. The third-order valence-electron chi connectivity index (χ3n) is 21.1. The predicted molar refractivity (Wildman–Crippen MR) is 465 cm³/mol. The molecule has 0 aliphatic heterocycles. The van der Waals surface area contributed by atoms with Crippen LogP contribution in [0, 0.1) is 0 Å². The van der Waals surface area contributed by atoms with Crippen LogP contribution in [0.3, 0.4) is 0 Å². The highest BCUT2D eigenvalue weighted by atomic mass is 15.1. The van der Waals surface area contributed by atoms with Crippen molar-refractivity contribution in [2.45, 2.75) is 0 Å². The summed E-state index contributed by atoms with van der Waals surface area (Å²) in [4.78, 5) is 62.6. The lowest BCUT2D eigenvalue weighted by atomic mass is 9.95. The SMILES string of the molecule is c1ccc(-c2nc(-c3ccccc3)nc(-c3cc(-c4cccc(-c5cc(-c6nc(-c7ccccc7)nc(-c7ccccc7)n6)ccc5-n5c6ccccc6c6cc(-c7nc(-c8ccccc8)nc(-c8ccccc8)n7)ccc65)c4)cc(-n4c5ccccc5c5cc(-c6nc(-c7ccccc7)nc(-c7ccccc7)n6)ccc54)c3)n2)cc1. The number of aromatic nitrogens is 14. The van der Waals surface area contributed by atoms with Gasteiger partial charge in [-0.05, 0) is 108 Å². The first-order valence-corrected chi connectivity index (χ1v) is 38.4. The lowest BCUT2D eigenvalue weighted by Gasteiger charge is -2.18. The molecule has 0 aliphatic carbocycles. The minimum absolute atomic E-state index is 0.508. The van der Waals surface area contributed by atoms with Crippen molar-refractivity contribution in [3.05, 3.63) is 388 Å². The molecular formula is C102H64N14. The molecule has 0 amide bonds. The third-order valence-corrected chi connectivity index (χ3v) is 21.1. The highest BCUT2D eigenvalue weighted by Crippen LogP contribution is 2.44. The molecule has 0 atom stereocenters. The van der Waals surface area contributed by atoms with Crippen molar-refractivity contribution in [1.82, 2.24) is 68.9 Å². The molecule has 6 heterocycles. The molecule has 0 fully saturated rings. The zero-order chi connectivity index (χ0) is 76.8. The number of hydrogen-bond acceptors (Lipinski definition) is 12. The summed E-state index contributed by atoms with van der Waals surface area (Å²) < 4.78 is 4.73. The van der Waals surface area contributed by atoms with Gasteiger partial charge in [0.2, 0.25) is 0 Å². The first-order valence-electron chi connectivity index (χ1n) is 38.4. The van der Waals surface area contributed by atoms with E-state index in [0.717, 1.165) is 144 Å². The summed E-state index contributed by atoms with van der Waals surface area (Å²) in [5.41, 5.74) is 19.9. The van der Waals surface area contributed by atoms with Crippen molar-refractivity contribution in [2.75, 3.05) is 0 Å². The zero-order valence-electron chi connectivity index (χ0n) is 62.2. The van der Waals surface area contributed by atoms with Gasteiger partial charge in [0.25, 0.3) is 0 Å². The smallest absolute Gasteiger partial charge is 0.164 e. The molecule has 0 radical (unpaired) electrons. The maximum absolute atomic E-state index is 5.40. The van der Waals surface area contributed by atoms with Gasteiger partial charge in [-0.25, -0.2) is 59.8 Å². The average Bonchev–Trinajstić information content (AvgIpc) is 1.58. The maximum atomic E-state index is 5.40. The van der Waals surface area contributed by atoms with Gasteiger partial charge in [-0.3, -0.25) is 0 Å². The minimum Gasteiger partial charge on any atom is -0.309 e. The monoisotopic (exact) mass is 1480 g/mol. The van der Waals surface area contributed by atoms with Gasteiger partial charge in [0.05, 0.1) is 27.8 Å². The van der Waals surface area contributed by atoms with Crippen LogP contribution in [-0.4, -0.2) is 68.9 Å². The Labute approximate surface area is 667 Å². The summed E-state index contributed by atoms with van der Waals surface area (Å²) in [6.07, 6.45) is 0. The van der Waals surface area contributed by atoms with Gasteiger partial charge in [-0.2, -0.15) is 0 Å². The van der Waals surface area contributed by atoms with Crippen molar-refractivity contribution in [1.29, 1.82) is 0 Å². The van der Waals surface area contributed by atoms with Crippen LogP contribution >= 0.6 is 0 Å². The van der Waals surface area contributed by atoms with Crippen LogP contribution < -0.4 is 0 Å². The predicted octanol–water partition coefficient (Wildman–Crippen LogP) is 24.0. The van der Waals surface area contributed by atoms with E-state index in [-0.39, 0.29) is 0 Å². The fourth-order valence-electron chi connectivity index (χ4n) is 15.5. The van der Waals surface area contributed by atoms with Crippen molar-refractivity contribution < 1.29 is 0 Å². The fourth-order valence-corrected chi connectivity index (χ4v) is 15.5. The lowest BCUT2D eigenvalue weighted by Crippen LogP contribution is -2.02. The van der Waals surface area contributed by atoms with Gasteiger partial charge >= 0.3 is 0 Å². The summed E-state index contributed by atoms with van der Waals surface area (Å²) in [6, 6.07) is 133. The largest absolute Gasteiger partial charge is 0.309 e. The standard InChI is InChI=1S/C102H64N14/c1-9-30-65(31-10-1)91-103-92(66-32-11-2-12-33-66)108-99(107-91)75-52-55-88(116-87-51-28-26-49-82(87)85-64-77(54-57-90(85)116)101-111-95(69-38-17-5-18-39-69)105-96(112-101)70-40-19-6-20-41-70)83(62-75)74-47-29-46-73(58-74)78-59-79(102-113-97(71-42-21-7-22-43-71)106-98(114-102)72-44-23-8-24-45-72)61-80(60-78)115-86-50-27-25-48-81(86)84-63-76(53-56-89(84)115)100-109-93(67-34-13-3-14-35-67)104-94(110-100)68-36-15-4-16-37-68/h1-64H. The topological polar surface area (TPSA) is 165 Å². The van der Waals surface area contributed by atoms with Crippen molar-refractivity contribution in [2.24, 2.45) is 0 Å². The highest BCUT2D eigenvalue weighted by Gasteiger charge is 2.25. The first kappa shape index (κ1) is 68.0. The van der Waals surface area contributed by atoms with Crippen LogP contribution in [0.1, 0.15) is 0 Å². The van der Waals surface area contributed by atoms with Crippen molar-refractivity contribution >= 4 is 43.6 Å². The number of para-hydroxylation sites is 2. The fraction of sp³-hybridized carbons (Fsp3) is 0. The Hall–Kier alpha value is -16.1. The molecule has 0 saturated heterocycles. The van der Waals surface area contributed by atoms with Crippen LogP contribution in [-0.2, 0) is 0 Å². The number of hydrogen-bond donors (Lipinski definition) is 0. The van der Waals surface area contributed by atoms with E-state index in [1.807, 2.05) is 243 Å². The third kappa shape index (κ3) is 12.9. The van der Waals surface area contributed by atoms with Gasteiger partial charge < -0.3 is 9.13 Å². The van der Waals surface area contributed by atoms with Gasteiger partial charge in [0, 0.05) is 99.6 Å². The quantitative estimate of drug-likeness (QED) is 0.0900. The van der Waals surface area contributed by atoms with Gasteiger partial charge in [0.15, 0.2) is 69.9 Å². The van der Waals surface area contributed by atoms with Gasteiger partial charge in [0.1, 0.15) is 0 Å². The number of nitrogens with zero attached hydrogens (tertiary/aromatic N) is 14. The molecular weight excluding hydrogens is 1420 g/mol. The van der Waals surface area contributed by atoms with Crippen molar-refractivity contribution in [3.8, 4) is 170 Å². The van der Waals surface area contributed by atoms with E-state index >= 15 is 0 Å². The Kier molecular flexibility index (Phi) is 17.2. The molecule has 116 heavy (non-hydrogen) atoms. The van der Waals surface area contributed by atoms with E-state index in [0.29, 0.717) is 69.9 Å². The van der Waals surface area contributed by atoms with Crippen molar-refractivity contribution in [3.63, 3.8) is 0 Å². The molecule has 21 aromatic rings. The normalized spacial score (nSPS) is 11.4. The van der Waals surface area contributed by atoms with E-state index in [1.165, 1.54) is 0 Å². The maximum Gasteiger partial charge on any atom is 0.164 e. The summed E-state index contributed by atoms with van der Waals surface area (Å²) >= 11 is 0. The second kappa shape index (κ2) is 29.3. The molecule has 14 nitrogen and oxygen atoms in total. The summed E-state index contributed by atoms with van der Waals surface area (Å²) in [6.45, 7) is 0. The Bertz CT molecular complexity index is 7060. The van der Waals surface area contributed by atoms with Crippen LogP contribution in [0.15, 0.2) is 388 Å². The van der Waals surface area contributed by atoms with Crippen LogP contribution in [0.25, 0.3) is 214 Å². The van der Waals surface area contributed by atoms with Gasteiger partial charge in [-0.1, -0.05) is 297 Å². The zero-order valence-corrected chi connectivity index (χ0v) is 62.2. The second-order valence-electron chi connectivity index (χ2n) is 28.4. The molecule has 6 aromatic heterocycles. The van der Waals surface area contributed by atoms with Gasteiger partial charge in [-0.15, -0.1) is 0 Å². The number of fused-ring (bicyclic) bond motifs is 6. The molecule has 0 spiro atoms. The van der Waals surface area contributed by atoms with E-state index < -0.39 is 0 Å². The molecule has 21 rings (SSSR count). The molecule has 0 saturated carbocycles. The first-order chi connectivity index (χ1) is 57.4. The molecule has 0 N–H and O–H groups in total. The van der Waals surface area contributed by atoms with Crippen LogP contribution in [0.2, 0.25) is 0 Å². The van der Waals surface area contributed by atoms with E-state index in [9.17, 15) is 0 Å². The molecule has 542 valence electrons. The lowest BCUT2D eigenvalue weighted by molar-refractivity contribution is 1.07. The van der Waals surface area contributed by atoms with Crippen LogP contribution in [0.4, 0.5) is 0 Å². The van der Waals surface area contributed by atoms with E-state index in [1.54, 1.807) is 0 Å². The second-order valence-corrected chi connectivity index (χ2v) is 28.4. The molecule has 0 unspecified atom stereocenters. The van der Waals surface area contributed by atoms with E-state index in [2.05, 4.69) is 155 Å². The summed E-state index contributed by atoms with van der Waals surface area (Å²) in [5.74, 6) is 6.74. The molecule has 14 heteroatoms. The number of rotatable bonds is 16. The highest BCUT2D eigenvalue weighted by molar-refractivity contribution is 6.12. The van der Waals surface area contributed by atoms with E-state index in [4.69, 9.17) is 59.8 Å². The van der Waals surface area contributed by atoms with Crippen LogP contribution in [0.5, 0.6) is 0 Å². The molecule has 0 aliphatic rings. The number of benzene rings is 15. The minimum atomic E-state index is 0.508. The molecule has 15 aromatic carbocycles. The average molecular weight is 1490 g/mol. The Morgan fingerprint density at radius 3 is 0.750 bits per heavy atom. The Morgan fingerprint density at radius 2 is 0.388 bits per heavy atom. The Morgan fingerprint density at radius 1 is 0.138 bits per heavy atom. The summed E-state index contributed by atoms with van der Waals surface area (Å²) in [7, 11) is 0.